The van der Waals surface area contributed by atoms with E-state index in [4.69, 9.17) is 0 Å². The summed E-state index contributed by atoms with van der Waals surface area (Å²) < 4.78 is 4.68. The Morgan fingerprint density at radius 2 is 1.89 bits per heavy atom. The molecule has 8 heteroatoms. The van der Waals surface area contributed by atoms with Gasteiger partial charge in [0.15, 0.2) is 5.69 Å². The predicted molar refractivity (Wildman–Crippen MR) is 102 cm³/mol. The minimum atomic E-state index is -0.607. The lowest BCUT2D eigenvalue weighted by molar-refractivity contribution is -0.384. The Balaban J connectivity index is 1.77. The van der Waals surface area contributed by atoms with Crippen LogP contribution in [0.4, 0.5) is 17.2 Å². The van der Waals surface area contributed by atoms with Crippen LogP contribution in [0.3, 0.4) is 0 Å². The molecule has 1 aromatic heterocycles. The van der Waals surface area contributed by atoms with Gasteiger partial charge in [-0.05, 0) is 31.0 Å². The number of carbonyl (C=O) groups is 1. The van der Waals surface area contributed by atoms with Crippen molar-refractivity contribution in [2.45, 2.75) is 18.9 Å². The number of carbonyl (C=O) groups excluding carboxylic acids is 1. The zero-order chi connectivity index (χ0) is 19.4. The first-order valence-corrected chi connectivity index (χ1v) is 8.78. The van der Waals surface area contributed by atoms with E-state index < -0.39 is 10.9 Å². The number of anilines is 2. The topological polar surface area (TPSA) is 88.8 Å². The first kappa shape index (κ1) is 18.6. The number of nitrogens with zero attached hydrogens (tertiary/aromatic N) is 4. The number of benzene rings is 1. The number of nitro groups is 1. The van der Waals surface area contributed by atoms with Crippen LogP contribution in [0.15, 0.2) is 42.5 Å². The van der Waals surface area contributed by atoms with Crippen molar-refractivity contribution in [2.24, 2.45) is 0 Å². The minimum absolute atomic E-state index is 0.0710. The van der Waals surface area contributed by atoms with E-state index in [1.54, 1.807) is 0 Å². The van der Waals surface area contributed by atoms with Gasteiger partial charge in [-0.3, -0.25) is 10.1 Å². The number of hydrogen-bond donors (Lipinski definition) is 0. The van der Waals surface area contributed by atoms with Gasteiger partial charge in [0.1, 0.15) is 0 Å². The normalized spacial score (nSPS) is 14.7. The summed E-state index contributed by atoms with van der Waals surface area (Å²) in [5, 5.41) is 11.4. The number of piperidine rings is 1. The van der Waals surface area contributed by atoms with Gasteiger partial charge in [-0.1, -0.05) is 18.2 Å². The number of hydrogen-bond acceptors (Lipinski definition) is 7. The second-order valence-corrected chi connectivity index (χ2v) is 6.45. The largest absolute Gasteiger partial charge is 0.464 e. The van der Waals surface area contributed by atoms with Crippen molar-refractivity contribution >= 4 is 23.2 Å². The van der Waals surface area contributed by atoms with Crippen molar-refractivity contribution < 1.29 is 14.5 Å². The molecule has 1 aliphatic rings. The maximum Gasteiger partial charge on any atom is 0.356 e. The molecule has 0 spiro atoms. The lowest BCUT2D eigenvalue weighted by Gasteiger charge is -2.38. The Morgan fingerprint density at radius 1 is 1.22 bits per heavy atom. The van der Waals surface area contributed by atoms with Crippen molar-refractivity contribution in [3.05, 3.63) is 58.3 Å². The molecule has 0 radical (unpaired) electrons. The Bertz CT molecular complexity index is 820. The molecule has 27 heavy (non-hydrogen) atoms. The quantitative estimate of drug-likeness (QED) is 0.454. The number of para-hydroxylation sites is 1. The molecule has 0 amide bonds. The fourth-order valence-corrected chi connectivity index (χ4v) is 3.37. The standard InChI is InChI=1S/C19H22N4O4/c1-21(14-6-4-3-5-7-14)15-10-12-22(13-11-15)18-17(23(25)26)9-8-16(20-18)19(24)27-2/h3-9,15H,10-13H2,1-2H3. The Labute approximate surface area is 157 Å². The average molecular weight is 370 g/mol. The van der Waals surface area contributed by atoms with Gasteiger partial charge in [-0.25, -0.2) is 9.78 Å². The van der Waals surface area contributed by atoms with Crippen LogP contribution in [0.2, 0.25) is 0 Å². The molecule has 2 aromatic rings. The van der Waals surface area contributed by atoms with Gasteiger partial charge in [0.2, 0.25) is 5.82 Å². The molecule has 1 aliphatic heterocycles. The summed E-state index contributed by atoms with van der Waals surface area (Å²) in [7, 11) is 3.32. The van der Waals surface area contributed by atoms with Crippen LogP contribution in [-0.2, 0) is 4.74 Å². The number of rotatable bonds is 5. The summed E-state index contributed by atoms with van der Waals surface area (Å²) in [6, 6.07) is 13.1. The highest BCUT2D eigenvalue weighted by Crippen LogP contribution is 2.30. The van der Waals surface area contributed by atoms with Crippen molar-refractivity contribution in [1.82, 2.24) is 4.98 Å². The van der Waals surface area contributed by atoms with E-state index in [2.05, 4.69) is 33.8 Å². The minimum Gasteiger partial charge on any atom is -0.464 e. The molecule has 0 atom stereocenters. The molecule has 8 nitrogen and oxygen atoms in total. The molecular weight excluding hydrogens is 348 g/mol. The van der Waals surface area contributed by atoms with Gasteiger partial charge in [-0.2, -0.15) is 0 Å². The number of methoxy groups -OCH3 is 1. The third kappa shape index (κ3) is 3.99. The Hall–Kier alpha value is -3.16. The summed E-state index contributed by atoms with van der Waals surface area (Å²) in [5.74, 6) is -0.381. The first-order valence-electron chi connectivity index (χ1n) is 8.78. The Morgan fingerprint density at radius 3 is 2.48 bits per heavy atom. The third-order valence-electron chi connectivity index (χ3n) is 4.92. The molecule has 1 fully saturated rings. The van der Waals surface area contributed by atoms with Crippen LogP contribution in [0.25, 0.3) is 0 Å². The molecular formula is C19H22N4O4. The van der Waals surface area contributed by atoms with E-state index in [1.807, 2.05) is 23.1 Å². The van der Waals surface area contributed by atoms with E-state index in [9.17, 15) is 14.9 Å². The Kier molecular flexibility index (Phi) is 5.54. The first-order chi connectivity index (χ1) is 13.0. The number of aromatic nitrogens is 1. The van der Waals surface area contributed by atoms with Crippen LogP contribution in [0.1, 0.15) is 23.3 Å². The van der Waals surface area contributed by atoms with Crippen LogP contribution in [-0.4, -0.2) is 49.2 Å². The molecule has 1 aromatic carbocycles. The number of ether oxygens (including phenoxy) is 1. The predicted octanol–water partition coefficient (Wildman–Crippen LogP) is 2.88. The fourth-order valence-electron chi connectivity index (χ4n) is 3.37. The van der Waals surface area contributed by atoms with E-state index in [0.717, 1.165) is 18.5 Å². The third-order valence-corrected chi connectivity index (χ3v) is 4.92. The summed E-state index contributed by atoms with van der Waals surface area (Å²) in [4.78, 5) is 31.0. The summed E-state index contributed by atoms with van der Waals surface area (Å²) in [6.07, 6.45) is 1.68. The van der Waals surface area contributed by atoms with Crippen molar-refractivity contribution in [1.29, 1.82) is 0 Å². The highest BCUT2D eigenvalue weighted by molar-refractivity contribution is 5.88. The lowest BCUT2D eigenvalue weighted by Crippen LogP contribution is -2.44. The molecule has 0 bridgehead atoms. The van der Waals surface area contributed by atoms with Crippen LogP contribution < -0.4 is 9.80 Å². The van der Waals surface area contributed by atoms with Gasteiger partial charge in [-0.15, -0.1) is 0 Å². The molecule has 3 rings (SSSR count). The molecule has 1 saturated heterocycles. The lowest BCUT2D eigenvalue weighted by atomic mass is 10.0. The van der Waals surface area contributed by atoms with Crippen LogP contribution in [0.5, 0.6) is 0 Å². The SMILES string of the molecule is COC(=O)c1ccc([N+](=O)[O-])c(N2CCC(N(C)c3ccccc3)CC2)n1. The second-order valence-electron chi connectivity index (χ2n) is 6.45. The van der Waals surface area contributed by atoms with Gasteiger partial charge in [0, 0.05) is 37.9 Å². The fraction of sp³-hybridized carbons (Fsp3) is 0.368. The number of pyridine rings is 1. The van der Waals surface area contributed by atoms with Crippen molar-refractivity contribution in [3.63, 3.8) is 0 Å². The smallest absolute Gasteiger partial charge is 0.356 e. The summed E-state index contributed by atoms with van der Waals surface area (Å²) >= 11 is 0. The highest BCUT2D eigenvalue weighted by Gasteiger charge is 2.29. The molecule has 0 unspecified atom stereocenters. The van der Waals surface area contributed by atoms with Crippen LogP contribution >= 0.6 is 0 Å². The average Bonchev–Trinajstić information content (AvgIpc) is 2.72. The van der Waals surface area contributed by atoms with E-state index >= 15 is 0 Å². The molecule has 0 saturated carbocycles. The van der Waals surface area contributed by atoms with E-state index in [0.29, 0.717) is 19.1 Å². The van der Waals surface area contributed by atoms with Gasteiger partial charge >= 0.3 is 11.7 Å². The van der Waals surface area contributed by atoms with Crippen molar-refractivity contribution in [2.75, 3.05) is 37.0 Å². The van der Waals surface area contributed by atoms with E-state index in [-0.39, 0.29) is 17.2 Å². The highest BCUT2D eigenvalue weighted by atomic mass is 16.6. The maximum atomic E-state index is 11.7. The monoisotopic (exact) mass is 370 g/mol. The van der Waals surface area contributed by atoms with Crippen molar-refractivity contribution in [3.8, 4) is 0 Å². The van der Waals surface area contributed by atoms with Gasteiger partial charge < -0.3 is 14.5 Å². The van der Waals surface area contributed by atoms with Crippen LogP contribution in [0, 0.1) is 10.1 Å². The van der Waals surface area contributed by atoms with Gasteiger partial charge in [0.25, 0.3) is 0 Å². The molecule has 2 heterocycles. The molecule has 0 N–H and O–H groups in total. The summed E-state index contributed by atoms with van der Waals surface area (Å²) in [6.45, 7) is 1.25. The van der Waals surface area contributed by atoms with E-state index in [1.165, 1.54) is 19.2 Å². The summed E-state index contributed by atoms with van der Waals surface area (Å²) in [5.41, 5.74) is 1.12. The number of esters is 1. The zero-order valence-corrected chi connectivity index (χ0v) is 15.4. The second kappa shape index (κ2) is 8.03. The molecule has 142 valence electrons. The molecule has 0 aliphatic carbocycles. The van der Waals surface area contributed by atoms with Gasteiger partial charge in [0.05, 0.1) is 12.0 Å². The maximum absolute atomic E-state index is 11.7. The zero-order valence-electron chi connectivity index (χ0n) is 15.4.